The van der Waals surface area contributed by atoms with Gasteiger partial charge in [0.05, 0.1) is 0 Å². The normalized spacial score (nSPS) is 9.21. The summed E-state index contributed by atoms with van der Waals surface area (Å²) in [5, 5.41) is 5.20. The average molecular weight is 191 g/mol. The van der Waals surface area contributed by atoms with Crippen LogP contribution in [-0.2, 0) is 0 Å². The maximum atomic E-state index is 11.2. The Morgan fingerprint density at radius 2 is 2.43 bits per heavy atom. The van der Waals surface area contributed by atoms with Crippen LogP contribution in [0.25, 0.3) is 0 Å². The van der Waals surface area contributed by atoms with E-state index in [0.717, 1.165) is 5.69 Å². The molecule has 14 heavy (non-hydrogen) atoms. The molecular weight excluding hydrogens is 178 g/mol. The molecular formula is C10H13N3O. The standard InChI is InChI=1S/C10H13N3O/c1-3-7-11-10(14)13-9-6-4-5-8(2)12-9/h3-6H,1,7H2,2H3,(H2,11,12,13,14). The van der Waals surface area contributed by atoms with Gasteiger partial charge in [0, 0.05) is 12.2 Å². The van der Waals surface area contributed by atoms with E-state index in [2.05, 4.69) is 22.2 Å². The van der Waals surface area contributed by atoms with Crippen molar-refractivity contribution in [3.63, 3.8) is 0 Å². The fourth-order valence-electron chi connectivity index (χ4n) is 0.938. The highest BCUT2D eigenvalue weighted by molar-refractivity contribution is 5.88. The summed E-state index contributed by atoms with van der Waals surface area (Å²) < 4.78 is 0. The number of carbonyl (C=O) groups is 1. The van der Waals surface area contributed by atoms with Crippen LogP contribution in [0.5, 0.6) is 0 Å². The first-order chi connectivity index (χ1) is 6.72. The highest BCUT2D eigenvalue weighted by atomic mass is 16.2. The quantitative estimate of drug-likeness (QED) is 0.714. The summed E-state index contributed by atoms with van der Waals surface area (Å²) in [5.41, 5.74) is 0.867. The zero-order valence-electron chi connectivity index (χ0n) is 8.08. The summed E-state index contributed by atoms with van der Waals surface area (Å²) in [6.45, 7) is 5.81. The maximum Gasteiger partial charge on any atom is 0.320 e. The van der Waals surface area contributed by atoms with Crippen molar-refractivity contribution in [1.82, 2.24) is 10.3 Å². The Bertz CT molecular complexity index is 336. The highest BCUT2D eigenvalue weighted by Gasteiger charge is 1.99. The Morgan fingerprint density at radius 3 is 3.07 bits per heavy atom. The summed E-state index contributed by atoms with van der Waals surface area (Å²) in [6, 6.07) is 5.17. The summed E-state index contributed by atoms with van der Waals surface area (Å²) >= 11 is 0. The number of amides is 2. The van der Waals surface area contributed by atoms with Gasteiger partial charge in [-0.2, -0.15) is 0 Å². The number of nitrogens with one attached hydrogen (secondary N) is 2. The Labute approximate surface area is 83.0 Å². The van der Waals surface area contributed by atoms with Gasteiger partial charge in [-0.1, -0.05) is 12.1 Å². The molecule has 0 radical (unpaired) electrons. The van der Waals surface area contributed by atoms with E-state index in [0.29, 0.717) is 12.4 Å². The number of anilines is 1. The van der Waals surface area contributed by atoms with Crippen LogP contribution < -0.4 is 10.6 Å². The van der Waals surface area contributed by atoms with Crippen molar-refractivity contribution in [1.29, 1.82) is 0 Å². The molecule has 0 fully saturated rings. The second kappa shape index (κ2) is 5.01. The van der Waals surface area contributed by atoms with Gasteiger partial charge < -0.3 is 5.32 Å². The molecule has 0 aliphatic rings. The third kappa shape index (κ3) is 3.26. The van der Waals surface area contributed by atoms with Crippen molar-refractivity contribution in [2.24, 2.45) is 0 Å². The molecule has 1 rings (SSSR count). The van der Waals surface area contributed by atoms with Crippen LogP contribution in [0.15, 0.2) is 30.9 Å². The topological polar surface area (TPSA) is 54.0 Å². The Morgan fingerprint density at radius 1 is 1.64 bits per heavy atom. The number of pyridine rings is 1. The highest BCUT2D eigenvalue weighted by Crippen LogP contribution is 2.02. The maximum absolute atomic E-state index is 11.2. The van der Waals surface area contributed by atoms with E-state index in [1.807, 2.05) is 19.1 Å². The van der Waals surface area contributed by atoms with Crippen LogP contribution in [0.3, 0.4) is 0 Å². The van der Waals surface area contributed by atoms with Gasteiger partial charge in [0.2, 0.25) is 0 Å². The van der Waals surface area contributed by atoms with E-state index in [1.54, 1.807) is 12.1 Å². The van der Waals surface area contributed by atoms with E-state index >= 15 is 0 Å². The molecule has 4 heteroatoms. The zero-order chi connectivity index (χ0) is 10.4. The molecule has 0 aliphatic heterocycles. The number of aromatic nitrogens is 1. The minimum absolute atomic E-state index is 0.275. The number of carbonyl (C=O) groups excluding carboxylic acids is 1. The Balaban J connectivity index is 2.51. The number of urea groups is 1. The molecule has 1 aromatic heterocycles. The smallest absolute Gasteiger partial charge is 0.320 e. The van der Waals surface area contributed by atoms with Crippen molar-refractivity contribution >= 4 is 11.8 Å². The second-order valence-corrected chi connectivity index (χ2v) is 2.79. The number of hydrogen-bond donors (Lipinski definition) is 2. The van der Waals surface area contributed by atoms with E-state index in [9.17, 15) is 4.79 Å². The van der Waals surface area contributed by atoms with Crippen molar-refractivity contribution in [3.8, 4) is 0 Å². The Hall–Kier alpha value is -1.84. The molecule has 0 saturated carbocycles. The largest absolute Gasteiger partial charge is 0.334 e. The predicted octanol–water partition coefficient (Wildman–Crippen LogP) is 1.70. The predicted molar refractivity (Wildman–Crippen MR) is 56.2 cm³/mol. The minimum atomic E-state index is -0.275. The van der Waals surface area contributed by atoms with E-state index in [-0.39, 0.29) is 6.03 Å². The van der Waals surface area contributed by atoms with Gasteiger partial charge in [0.1, 0.15) is 5.82 Å². The first-order valence-electron chi connectivity index (χ1n) is 4.32. The van der Waals surface area contributed by atoms with Gasteiger partial charge >= 0.3 is 6.03 Å². The average Bonchev–Trinajstić information content (AvgIpc) is 2.15. The molecule has 0 spiro atoms. The molecule has 0 saturated heterocycles. The van der Waals surface area contributed by atoms with Gasteiger partial charge in [-0.25, -0.2) is 9.78 Å². The van der Waals surface area contributed by atoms with Gasteiger partial charge in [-0.3, -0.25) is 5.32 Å². The molecule has 1 heterocycles. The molecule has 0 bridgehead atoms. The molecule has 0 aliphatic carbocycles. The molecule has 4 nitrogen and oxygen atoms in total. The molecule has 2 amide bonds. The molecule has 2 N–H and O–H groups in total. The lowest BCUT2D eigenvalue weighted by atomic mass is 10.4. The van der Waals surface area contributed by atoms with Crippen LogP contribution in [0.1, 0.15) is 5.69 Å². The van der Waals surface area contributed by atoms with Crippen LogP contribution in [0.4, 0.5) is 10.6 Å². The van der Waals surface area contributed by atoms with Crippen molar-refractivity contribution in [2.45, 2.75) is 6.92 Å². The van der Waals surface area contributed by atoms with Crippen molar-refractivity contribution < 1.29 is 4.79 Å². The van der Waals surface area contributed by atoms with E-state index in [1.165, 1.54) is 0 Å². The minimum Gasteiger partial charge on any atom is -0.334 e. The molecule has 0 atom stereocenters. The number of hydrogen-bond acceptors (Lipinski definition) is 2. The second-order valence-electron chi connectivity index (χ2n) is 2.79. The summed E-state index contributed by atoms with van der Waals surface area (Å²) in [5.74, 6) is 0.548. The fraction of sp³-hybridized carbons (Fsp3) is 0.200. The lowest BCUT2D eigenvalue weighted by molar-refractivity contribution is 0.253. The van der Waals surface area contributed by atoms with Crippen LogP contribution in [-0.4, -0.2) is 17.6 Å². The van der Waals surface area contributed by atoms with Gasteiger partial charge in [0.15, 0.2) is 0 Å². The van der Waals surface area contributed by atoms with E-state index in [4.69, 9.17) is 0 Å². The first-order valence-corrected chi connectivity index (χ1v) is 4.32. The van der Waals surface area contributed by atoms with Crippen LogP contribution >= 0.6 is 0 Å². The molecule has 74 valence electrons. The van der Waals surface area contributed by atoms with Gasteiger partial charge in [-0.05, 0) is 19.1 Å². The summed E-state index contributed by atoms with van der Waals surface area (Å²) in [6.07, 6.45) is 1.61. The lowest BCUT2D eigenvalue weighted by Gasteiger charge is -2.04. The van der Waals surface area contributed by atoms with Crippen LogP contribution in [0.2, 0.25) is 0 Å². The number of rotatable bonds is 3. The molecule has 0 aromatic carbocycles. The molecule has 0 unspecified atom stereocenters. The third-order valence-electron chi connectivity index (χ3n) is 1.54. The SMILES string of the molecule is C=CCNC(=O)Nc1cccc(C)n1. The first kappa shape index (κ1) is 10.2. The van der Waals surface area contributed by atoms with E-state index < -0.39 is 0 Å². The zero-order valence-corrected chi connectivity index (χ0v) is 8.08. The third-order valence-corrected chi connectivity index (χ3v) is 1.54. The number of nitrogens with zero attached hydrogens (tertiary/aromatic N) is 1. The van der Waals surface area contributed by atoms with Gasteiger partial charge in [-0.15, -0.1) is 6.58 Å². The van der Waals surface area contributed by atoms with Crippen molar-refractivity contribution in [2.75, 3.05) is 11.9 Å². The van der Waals surface area contributed by atoms with Crippen molar-refractivity contribution in [3.05, 3.63) is 36.5 Å². The lowest BCUT2D eigenvalue weighted by Crippen LogP contribution is -2.28. The fourth-order valence-corrected chi connectivity index (χ4v) is 0.938. The monoisotopic (exact) mass is 191 g/mol. The number of aryl methyl sites for hydroxylation is 1. The van der Waals surface area contributed by atoms with Gasteiger partial charge in [0.25, 0.3) is 0 Å². The summed E-state index contributed by atoms with van der Waals surface area (Å²) in [4.78, 5) is 15.3. The Kier molecular flexibility index (Phi) is 3.67. The summed E-state index contributed by atoms with van der Waals surface area (Å²) in [7, 11) is 0. The molecule has 1 aromatic rings. The van der Waals surface area contributed by atoms with Crippen LogP contribution in [0, 0.1) is 6.92 Å².